The van der Waals surface area contributed by atoms with Crippen LogP contribution in [-0.2, 0) is 17.8 Å². The van der Waals surface area contributed by atoms with Crippen LogP contribution in [0.1, 0.15) is 25.1 Å². The number of hydrogen-bond donors (Lipinski definition) is 1. The lowest BCUT2D eigenvalue weighted by Crippen LogP contribution is -2.52. The molecule has 100 valence electrons. The Kier molecular flexibility index (Phi) is 4.32. The Hall–Kier alpha value is -0.970. The van der Waals surface area contributed by atoms with Crippen LogP contribution in [0.5, 0.6) is 0 Å². The van der Waals surface area contributed by atoms with Gasteiger partial charge in [-0.05, 0) is 32.5 Å². The van der Waals surface area contributed by atoms with Crippen molar-refractivity contribution in [1.29, 1.82) is 0 Å². The van der Waals surface area contributed by atoms with Gasteiger partial charge in [0, 0.05) is 31.4 Å². The minimum atomic E-state index is 0.0900. The summed E-state index contributed by atoms with van der Waals surface area (Å²) in [6.45, 7) is 8.81. The monoisotopic (exact) mass is 249 g/mol. The molecular formula is C14H23N3O. The molecule has 1 aromatic rings. The molecule has 1 N–H and O–H groups in total. The fraction of sp³-hybridized carbons (Fsp3) is 0.643. The van der Waals surface area contributed by atoms with Crippen molar-refractivity contribution in [2.45, 2.75) is 32.5 Å². The highest BCUT2D eigenvalue weighted by atomic mass is 16.5. The molecule has 0 spiro atoms. The minimum absolute atomic E-state index is 0.0900. The standard InChI is InChI=1S/C14H23N3O/c1-14(2)11-18-8-7-17(14)10-13-12(9-15-3)5-4-6-16-13/h4-6,15H,7-11H2,1-3H3. The van der Waals surface area contributed by atoms with Crippen molar-refractivity contribution in [2.75, 3.05) is 26.8 Å². The largest absolute Gasteiger partial charge is 0.378 e. The van der Waals surface area contributed by atoms with Crippen molar-refractivity contribution in [3.8, 4) is 0 Å². The highest BCUT2D eigenvalue weighted by Gasteiger charge is 2.30. The fourth-order valence-corrected chi connectivity index (χ4v) is 2.33. The molecule has 0 atom stereocenters. The molecule has 2 heterocycles. The Bertz CT molecular complexity index is 392. The molecule has 0 amide bonds. The zero-order valence-corrected chi connectivity index (χ0v) is 11.6. The average molecular weight is 249 g/mol. The zero-order chi connectivity index (χ0) is 13.0. The molecule has 0 bridgehead atoms. The molecule has 0 aromatic carbocycles. The Morgan fingerprint density at radius 2 is 2.33 bits per heavy atom. The average Bonchev–Trinajstić information content (AvgIpc) is 2.34. The highest BCUT2D eigenvalue weighted by molar-refractivity contribution is 5.20. The van der Waals surface area contributed by atoms with E-state index in [0.29, 0.717) is 0 Å². The third kappa shape index (κ3) is 3.07. The van der Waals surface area contributed by atoms with E-state index in [-0.39, 0.29) is 5.54 Å². The molecule has 1 saturated heterocycles. The normalized spacial score (nSPS) is 19.9. The van der Waals surface area contributed by atoms with E-state index in [9.17, 15) is 0 Å². The van der Waals surface area contributed by atoms with Crippen molar-refractivity contribution < 1.29 is 4.74 Å². The fourth-order valence-electron chi connectivity index (χ4n) is 2.33. The van der Waals surface area contributed by atoms with E-state index in [1.807, 2.05) is 19.3 Å². The first-order chi connectivity index (χ1) is 8.63. The van der Waals surface area contributed by atoms with E-state index in [2.05, 4.69) is 35.1 Å². The van der Waals surface area contributed by atoms with Crippen LogP contribution >= 0.6 is 0 Å². The number of rotatable bonds is 4. The van der Waals surface area contributed by atoms with Crippen LogP contribution in [0.25, 0.3) is 0 Å². The van der Waals surface area contributed by atoms with Gasteiger partial charge < -0.3 is 10.1 Å². The lowest BCUT2D eigenvalue weighted by atomic mass is 10.0. The van der Waals surface area contributed by atoms with Gasteiger partial charge in [0.2, 0.25) is 0 Å². The topological polar surface area (TPSA) is 37.4 Å². The van der Waals surface area contributed by atoms with E-state index in [1.54, 1.807) is 0 Å². The van der Waals surface area contributed by atoms with Gasteiger partial charge >= 0.3 is 0 Å². The predicted molar refractivity (Wildman–Crippen MR) is 72.3 cm³/mol. The minimum Gasteiger partial charge on any atom is -0.378 e. The number of pyridine rings is 1. The molecule has 4 heteroatoms. The van der Waals surface area contributed by atoms with Crippen LogP contribution in [0.15, 0.2) is 18.3 Å². The second-order valence-corrected chi connectivity index (χ2v) is 5.43. The summed E-state index contributed by atoms with van der Waals surface area (Å²) in [6, 6.07) is 4.15. The number of nitrogens with one attached hydrogen (secondary N) is 1. The Morgan fingerprint density at radius 3 is 3.06 bits per heavy atom. The highest BCUT2D eigenvalue weighted by Crippen LogP contribution is 2.22. The third-order valence-corrected chi connectivity index (χ3v) is 3.51. The molecule has 0 radical (unpaired) electrons. The molecule has 1 aromatic heterocycles. The van der Waals surface area contributed by atoms with Gasteiger partial charge in [-0.15, -0.1) is 0 Å². The predicted octanol–water partition coefficient (Wildman–Crippen LogP) is 1.41. The summed E-state index contributed by atoms with van der Waals surface area (Å²) in [5, 5.41) is 3.20. The maximum absolute atomic E-state index is 5.56. The Morgan fingerprint density at radius 1 is 1.50 bits per heavy atom. The van der Waals surface area contributed by atoms with Crippen LogP contribution in [-0.4, -0.2) is 42.2 Å². The lowest BCUT2D eigenvalue weighted by Gasteiger charge is -2.42. The molecule has 2 rings (SSSR count). The van der Waals surface area contributed by atoms with Crippen molar-refractivity contribution in [3.63, 3.8) is 0 Å². The second kappa shape index (κ2) is 5.78. The van der Waals surface area contributed by atoms with Gasteiger partial charge in [-0.2, -0.15) is 0 Å². The van der Waals surface area contributed by atoms with Crippen LogP contribution in [0, 0.1) is 0 Å². The Balaban J connectivity index is 2.12. The first-order valence-electron chi connectivity index (χ1n) is 6.53. The zero-order valence-electron chi connectivity index (χ0n) is 11.6. The maximum atomic E-state index is 5.56. The van der Waals surface area contributed by atoms with Crippen LogP contribution in [0.3, 0.4) is 0 Å². The third-order valence-electron chi connectivity index (χ3n) is 3.51. The van der Waals surface area contributed by atoms with E-state index in [0.717, 1.165) is 32.8 Å². The van der Waals surface area contributed by atoms with Crippen molar-refractivity contribution >= 4 is 0 Å². The van der Waals surface area contributed by atoms with Gasteiger partial charge in [0.15, 0.2) is 0 Å². The van der Waals surface area contributed by atoms with Crippen LogP contribution < -0.4 is 5.32 Å². The number of nitrogens with zero attached hydrogens (tertiary/aromatic N) is 2. The lowest BCUT2D eigenvalue weighted by molar-refractivity contribution is -0.0559. The van der Waals surface area contributed by atoms with Gasteiger partial charge in [0.05, 0.1) is 18.9 Å². The summed E-state index contributed by atoms with van der Waals surface area (Å²) in [6.07, 6.45) is 1.88. The van der Waals surface area contributed by atoms with Crippen molar-refractivity contribution in [3.05, 3.63) is 29.6 Å². The van der Waals surface area contributed by atoms with E-state index < -0.39 is 0 Å². The molecule has 0 unspecified atom stereocenters. The molecule has 1 fully saturated rings. The van der Waals surface area contributed by atoms with Crippen LogP contribution in [0.4, 0.5) is 0 Å². The van der Waals surface area contributed by atoms with Gasteiger partial charge in [0.1, 0.15) is 0 Å². The summed E-state index contributed by atoms with van der Waals surface area (Å²) < 4.78 is 5.56. The molecule has 1 aliphatic heterocycles. The summed E-state index contributed by atoms with van der Waals surface area (Å²) >= 11 is 0. The molecule has 0 saturated carbocycles. The summed E-state index contributed by atoms with van der Waals surface area (Å²) in [7, 11) is 1.97. The smallest absolute Gasteiger partial charge is 0.0645 e. The van der Waals surface area contributed by atoms with Crippen molar-refractivity contribution in [2.24, 2.45) is 0 Å². The van der Waals surface area contributed by atoms with E-state index >= 15 is 0 Å². The molecular weight excluding hydrogens is 226 g/mol. The quantitative estimate of drug-likeness (QED) is 0.875. The molecule has 0 aliphatic carbocycles. The SMILES string of the molecule is CNCc1cccnc1CN1CCOCC1(C)C. The second-order valence-electron chi connectivity index (χ2n) is 5.43. The summed E-state index contributed by atoms with van der Waals surface area (Å²) in [5.41, 5.74) is 2.54. The summed E-state index contributed by atoms with van der Waals surface area (Å²) in [5.74, 6) is 0. The number of morpholine rings is 1. The van der Waals surface area contributed by atoms with Crippen LogP contribution in [0.2, 0.25) is 0 Å². The van der Waals surface area contributed by atoms with Crippen molar-refractivity contribution in [1.82, 2.24) is 15.2 Å². The number of ether oxygens (including phenoxy) is 1. The van der Waals surface area contributed by atoms with E-state index in [4.69, 9.17) is 4.74 Å². The van der Waals surface area contributed by atoms with Gasteiger partial charge in [-0.1, -0.05) is 6.07 Å². The summed E-state index contributed by atoms with van der Waals surface area (Å²) in [4.78, 5) is 6.99. The molecule has 18 heavy (non-hydrogen) atoms. The molecule has 1 aliphatic rings. The van der Waals surface area contributed by atoms with E-state index in [1.165, 1.54) is 11.3 Å². The van der Waals surface area contributed by atoms with Gasteiger partial charge in [-0.25, -0.2) is 0 Å². The number of hydrogen-bond acceptors (Lipinski definition) is 4. The first kappa shape index (κ1) is 13.5. The van der Waals surface area contributed by atoms with Gasteiger partial charge in [0.25, 0.3) is 0 Å². The first-order valence-corrected chi connectivity index (χ1v) is 6.53. The number of aromatic nitrogens is 1. The molecule has 4 nitrogen and oxygen atoms in total. The van der Waals surface area contributed by atoms with Gasteiger partial charge in [-0.3, -0.25) is 9.88 Å². The maximum Gasteiger partial charge on any atom is 0.0645 e. The Labute approximate surface area is 109 Å².